The standard InChI is InChI=1S/C7H15NO/c1-4-5-6-7-8(2)9-3/h6-7H,4-5H2,1-3H3. The van der Waals surface area contributed by atoms with Gasteiger partial charge in [-0.15, -0.1) is 0 Å². The lowest BCUT2D eigenvalue weighted by Gasteiger charge is -2.07. The van der Waals surface area contributed by atoms with E-state index in [-0.39, 0.29) is 0 Å². The lowest BCUT2D eigenvalue weighted by atomic mass is 10.3. The molecular formula is C7H15NO. The van der Waals surface area contributed by atoms with Crippen LogP contribution in [0.2, 0.25) is 0 Å². The summed E-state index contributed by atoms with van der Waals surface area (Å²) in [6.07, 6.45) is 6.31. The van der Waals surface area contributed by atoms with Gasteiger partial charge in [-0.1, -0.05) is 19.4 Å². The van der Waals surface area contributed by atoms with Gasteiger partial charge in [0.2, 0.25) is 0 Å². The van der Waals surface area contributed by atoms with Gasteiger partial charge in [0.15, 0.2) is 0 Å². The Morgan fingerprint density at radius 3 is 2.67 bits per heavy atom. The number of hydrogen-bond acceptors (Lipinski definition) is 2. The van der Waals surface area contributed by atoms with Gasteiger partial charge in [0, 0.05) is 13.2 Å². The first-order chi connectivity index (χ1) is 4.31. The third kappa shape index (κ3) is 5.37. The quantitative estimate of drug-likeness (QED) is 0.536. The van der Waals surface area contributed by atoms with E-state index in [1.807, 2.05) is 13.2 Å². The molecule has 0 unspecified atom stereocenters. The van der Waals surface area contributed by atoms with Crippen molar-refractivity contribution in [2.75, 3.05) is 14.2 Å². The number of allylic oxidation sites excluding steroid dienone is 1. The van der Waals surface area contributed by atoms with Gasteiger partial charge in [0.25, 0.3) is 0 Å². The Morgan fingerprint density at radius 1 is 1.56 bits per heavy atom. The summed E-state index contributed by atoms with van der Waals surface area (Å²) in [5, 5.41) is 1.68. The van der Waals surface area contributed by atoms with Crippen molar-refractivity contribution >= 4 is 0 Å². The van der Waals surface area contributed by atoms with Crippen molar-refractivity contribution in [3.8, 4) is 0 Å². The molecule has 0 heterocycles. The van der Waals surface area contributed by atoms with Gasteiger partial charge < -0.3 is 0 Å². The van der Waals surface area contributed by atoms with Crippen molar-refractivity contribution in [3.05, 3.63) is 12.3 Å². The molecule has 0 saturated carbocycles. The Kier molecular flexibility index (Phi) is 5.32. The summed E-state index contributed by atoms with van der Waals surface area (Å²) < 4.78 is 0. The molecule has 2 heteroatoms. The topological polar surface area (TPSA) is 12.5 Å². The molecule has 0 amide bonds. The monoisotopic (exact) mass is 129 g/mol. The second-order valence-corrected chi connectivity index (χ2v) is 1.90. The molecule has 0 saturated heterocycles. The van der Waals surface area contributed by atoms with Crippen molar-refractivity contribution in [2.45, 2.75) is 19.8 Å². The van der Waals surface area contributed by atoms with E-state index in [0.717, 1.165) is 6.42 Å². The minimum atomic E-state index is 1.12. The van der Waals surface area contributed by atoms with Crippen molar-refractivity contribution < 1.29 is 4.84 Å². The molecule has 54 valence electrons. The lowest BCUT2D eigenvalue weighted by molar-refractivity contribution is -0.0647. The summed E-state index contributed by atoms with van der Waals surface area (Å²) in [7, 11) is 3.52. The zero-order valence-electron chi connectivity index (χ0n) is 6.42. The molecule has 0 aliphatic rings. The van der Waals surface area contributed by atoms with Crippen molar-refractivity contribution in [3.63, 3.8) is 0 Å². The Balaban J connectivity index is 3.20. The van der Waals surface area contributed by atoms with E-state index in [9.17, 15) is 0 Å². The molecule has 0 aliphatic carbocycles. The van der Waals surface area contributed by atoms with Crippen LogP contribution in [-0.4, -0.2) is 19.2 Å². The van der Waals surface area contributed by atoms with Crippen LogP contribution in [0.5, 0.6) is 0 Å². The van der Waals surface area contributed by atoms with E-state index in [1.54, 1.807) is 12.2 Å². The first-order valence-corrected chi connectivity index (χ1v) is 3.24. The van der Waals surface area contributed by atoms with E-state index in [0.29, 0.717) is 0 Å². The second kappa shape index (κ2) is 5.63. The SMILES string of the molecule is CCCC=CN(C)OC. The van der Waals surface area contributed by atoms with E-state index in [1.165, 1.54) is 6.42 Å². The molecule has 0 aliphatic heterocycles. The molecule has 0 fully saturated rings. The maximum Gasteiger partial charge on any atom is 0.0638 e. The fraction of sp³-hybridized carbons (Fsp3) is 0.714. The molecule has 0 radical (unpaired) electrons. The van der Waals surface area contributed by atoms with Gasteiger partial charge in [0.05, 0.1) is 7.11 Å². The Bertz CT molecular complexity index is 81.0. The predicted octanol–water partition coefficient (Wildman–Crippen LogP) is 1.79. The molecule has 9 heavy (non-hydrogen) atoms. The minimum absolute atomic E-state index is 1.12. The summed E-state index contributed by atoms with van der Waals surface area (Å²) >= 11 is 0. The van der Waals surface area contributed by atoms with Crippen molar-refractivity contribution in [1.82, 2.24) is 5.06 Å². The van der Waals surface area contributed by atoms with Crippen LogP contribution in [0, 0.1) is 0 Å². The number of hydrogen-bond donors (Lipinski definition) is 0. The summed E-state index contributed by atoms with van der Waals surface area (Å²) in [5.74, 6) is 0. The summed E-state index contributed by atoms with van der Waals surface area (Å²) in [6, 6.07) is 0. The third-order valence-electron chi connectivity index (χ3n) is 1.06. The van der Waals surface area contributed by atoms with E-state index >= 15 is 0 Å². The Hall–Kier alpha value is -0.500. The molecule has 0 spiro atoms. The average Bonchev–Trinajstić information content (AvgIpc) is 1.89. The Labute approximate surface area is 57.1 Å². The highest BCUT2D eigenvalue weighted by atomic mass is 16.7. The largest absolute Gasteiger partial charge is 0.278 e. The van der Waals surface area contributed by atoms with E-state index < -0.39 is 0 Å². The molecule has 0 N–H and O–H groups in total. The van der Waals surface area contributed by atoms with Gasteiger partial charge in [-0.05, 0) is 6.42 Å². The van der Waals surface area contributed by atoms with Crippen LogP contribution in [0.15, 0.2) is 12.3 Å². The zero-order chi connectivity index (χ0) is 7.11. The highest BCUT2D eigenvalue weighted by Crippen LogP contribution is 1.90. The highest BCUT2D eigenvalue weighted by molar-refractivity contribution is 4.76. The molecule has 2 nitrogen and oxygen atoms in total. The van der Waals surface area contributed by atoms with Crippen molar-refractivity contribution in [2.24, 2.45) is 0 Å². The van der Waals surface area contributed by atoms with Crippen LogP contribution >= 0.6 is 0 Å². The van der Waals surface area contributed by atoms with Crippen LogP contribution in [0.4, 0.5) is 0 Å². The van der Waals surface area contributed by atoms with Gasteiger partial charge in [-0.3, -0.25) is 9.90 Å². The molecule has 0 bridgehead atoms. The van der Waals surface area contributed by atoms with Crippen LogP contribution in [-0.2, 0) is 4.84 Å². The van der Waals surface area contributed by atoms with Gasteiger partial charge >= 0.3 is 0 Å². The van der Waals surface area contributed by atoms with Gasteiger partial charge in [-0.25, -0.2) is 0 Å². The average molecular weight is 129 g/mol. The predicted molar refractivity (Wildman–Crippen MR) is 38.8 cm³/mol. The van der Waals surface area contributed by atoms with Gasteiger partial charge in [0.1, 0.15) is 0 Å². The van der Waals surface area contributed by atoms with Crippen LogP contribution < -0.4 is 0 Å². The van der Waals surface area contributed by atoms with Crippen LogP contribution in [0.3, 0.4) is 0 Å². The molecule has 0 rings (SSSR count). The fourth-order valence-corrected chi connectivity index (χ4v) is 0.451. The number of unbranched alkanes of at least 4 members (excludes halogenated alkanes) is 1. The molecule has 0 aromatic carbocycles. The summed E-state index contributed by atoms with van der Waals surface area (Å²) in [5.41, 5.74) is 0. The first-order valence-electron chi connectivity index (χ1n) is 3.24. The maximum absolute atomic E-state index is 4.84. The zero-order valence-corrected chi connectivity index (χ0v) is 6.42. The normalized spacial score (nSPS) is 10.6. The van der Waals surface area contributed by atoms with Crippen molar-refractivity contribution in [1.29, 1.82) is 0 Å². The molecule has 0 atom stereocenters. The molecule has 0 aromatic heterocycles. The molecule has 0 aromatic rings. The van der Waals surface area contributed by atoms with E-state index in [4.69, 9.17) is 4.84 Å². The highest BCUT2D eigenvalue weighted by Gasteiger charge is 1.80. The number of nitrogens with zero attached hydrogens (tertiary/aromatic N) is 1. The number of hydroxylamine groups is 2. The summed E-state index contributed by atoms with van der Waals surface area (Å²) in [6.45, 7) is 2.15. The van der Waals surface area contributed by atoms with Crippen LogP contribution in [0.1, 0.15) is 19.8 Å². The summed E-state index contributed by atoms with van der Waals surface area (Å²) in [4.78, 5) is 4.84. The van der Waals surface area contributed by atoms with Crippen LogP contribution in [0.25, 0.3) is 0 Å². The maximum atomic E-state index is 4.84. The molecular weight excluding hydrogens is 114 g/mol. The van der Waals surface area contributed by atoms with Gasteiger partial charge in [-0.2, -0.15) is 0 Å². The minimum Gasteiger partial charge on any atom is -0.278 e. The number of rotatable bonds is 4. The Morgan fingerprint density at radius 2 is 2.22 bits per heavy atom. The third-order valence-corrected chi connectivity index (χ3v) is 1.06. The van der Waals surface area contributed by atoms with E-state index in [2.05, 4.69) is 13.0 Å². The first kappa shape index (κ1) is 8.50. The second-order valence-electron chi connectivity index (χ2n) is 1.90. The fourth-order valence-electron chi connectivity index (χ4n) is 0.451. The lowest BCUT2D eigenvalue weighted by Crippen LogP contribution is -2.06. The smallest absolute Gasteiger partial charge is 0.0638 e.